The molecule has 4 aromatic rings. The van der Waals surface area contributed by atoms with Crippen LogP contribution in [0.3, 0.4) is 0 Å². The number of hydrogen-bond donors (Lipinski definition) is 2. The van der Waals surface area contributed by atoms with E-state index in [0.29, 0.717) is 17.2 Å². The predicted molar refractivity (Wildman–Crippen MR) is 124 cm³/mol. The first-order valence-corrected chi connectivity index (χ1v) is 14.8. The number of benzene rings is 2. The molecule has 10 heteroatoms. The van der Waals surface area contributed by atoms with Gasteiger partial charge in [0.15, 0.2) is 0 Å². The molecule has 0 fully saturated rings. The summed E-state index contributed by atoms with van der Waals surface area (Å²) in [6, 6.07) is 13.3. The number of sulfonamides is 1. The molecule has 8 nitrogen and oxygen atoms in total. The van der Waals surface area contributed by atoms with Gasteiger partial charge in [0, 0.05) is 0 Å². The van der Waals surface area contributed by atoms with Gasteiger partial charge in [0.2, 0.25) is 0 Å². The van der Waals surface area contributed by atoms with Crippen molar-refractivity contribution in [1.29, 1.82) is 0 Å². The van der Waals surface area contributed by atoms with Crippen LogP contribution in [0.1, 0.15) is 11.3 Å². The first-order chi connectivity index (χ1) is 14.6. The first-order valence-electron chi connectivity index (χ1n) is 9.54. The van der Waals surface area contributed by atoms with E-state index in [2.05, 4.69) is 46.2 Å². The number of aryl methyl sites for hydroxylation is 3. The van der Waals surface area contributed by atoms with E-state index in [1.807, 2.05) is 17.8 Å². The van der Waals surface area contributed by atoms with Gasteiger partial charge >= 0.3 is 186 Å². The van der Waals surface area contributed by atoms with E-state index in [0.717, 1.165) is 21.1 Å². The van der Waals surface area contributed by atoms with Crippen molar-refractivity contribution in [1.82, 2.24) is 19.7 Å². The number of primary sulfonamides is 1. The van der Waals surface area contributed by atoms with Crippen LogP contribution in [0.15, 0.2) is 53.6 Å². The molecule has 0 amide bonds. The minimum atomic E-state index is -3.81. The Kier molecular flexibility index (Phi) is 5.59. The van der Waals surface area contributed by atoms with Crippen LogP contribution in [0.5, 0.6) is 0 Å². The molecule has 3 N–H and O–H groups in total. The second-order valence-electron chi connectivity index (χ2n) is 7.36. The molecule has 0 aliphatic carbocycles. The third-order valence-electron chi connectivity index (χ3n) is 5.24. The number of hydrogen-bond acceptors (Lipinski definition) is 6. The van der Waals surface area contributed by atoms with Crippen molar-refractivity contribution in [3.05, 3.63) is 59.9 Å². The summed E-state index contributed by atoms with van der Waals surface area (Å²) in [6.07, 6.45) is 1.72. The summed E-state index contributed by atoms with van der Waals surface area (Å²) in [5, 5.41) is 14.2. The Morgan fingerprint density at radius 1 is 1.10 bits per heavy atom. The number of nitrogens with two attached hydrogens (primary N) is 1. The molecule has 1 atom stereocenters. The first kappa shape index (κ1) is 21.5. The quantitative estimate of drug-likeness (QED) is 0.404. The molecule has 2 aromatic carbocycles. The molecule has 0 bridgehead atoms. The molecule has 0 radical (unpaired) electrons. The summed E-state index contributed by atoms with van der Waals surface area (Å²) in [5.41, 5.74) is 5.50. The molecule has 0 saturated heterocycles. The Morgan fingerprint density at radius 2 is 1.87 bits per heavy atom. The van der Waals surface area contributed by atoms with E-state index in [9.17, 15) is 8.42 Å². The Morgan fingerprint density at radius 3 is 2.61 bits per heavy atom. The van der Waals surface area contributed by atoms with Crippen LogP contribution < -0.4 is 19.3 Å². The molecule has 2 aromatic heterocycles. The van der Waals surface area contributed by atoms with Gasteiger partial charge in [0.05, 0.1) is 0 Å². The fourth-order valence-electron chi connectivity index (χ4n) is 3.37. The number of anilines is 2. The monoisotopic (exact) mass is 498 g/mol. The predicted octanol–water partition coefficient (Wildman–Crippen LogP) is 1.61. The van der Waals surface area contributed by atoms with Crippen molar-refractivity contribution in [2.45, 2.75) is 24.5 Å². The van der Waals surface area contributed by atoms with Crippen molar-refractivity contribution >= 4 is 56.0 Å². The van der Waals surface area contributed by atoms with Crippen LogP contribution >= 0.6 is 0 Å². The summed E-state index contributed by atoms with van der Waals surface area (Å²) in [6.45, 7) is 3.76. The molecule has 160 valence electrons. The third kappa shape index (κ3) is 4.35. The molecule has 4 rings (SSSR count). The van der Waals surface area contributed by atoms with Crippen LogP contribution in [-0.4, -0.2) is 42.8 Å². The van der Waals surface area contributed by atoms with Gasteiger partial charge in [-0.15, -0.1) is 0 Å². The molecule has 1 unspecified atom stereocenters. The molecule has 31 heavy (non-hydrogen) atoms. The zero-order valence-electron chi connectivity index (χ0n) is 17.7. The average Bonchev–Trinajstić information content (AvgIpc) is 3.01. The van der Waals surface area contributed by atoms with E-state index in [-0.39, 0.29) is 4.90 Å². The fraction of sp³-hybridized carbons (Fsp3) is 0.190. The number of nitrogens with one attached hydrogen (secondary N) is 1. The molecule has 0 aliphatic heterocycles. The molecular weight excluding hydrogens is 475 g/mol. The van der Waals surface area contributed by atoms with E-state index in [4.69, 9.17) is 10.1 Å². The molecule has 0 spiro atoms. The van der Waals surface area contributed by atoms with Gasteiger partial charge in [-0.05, 0) is 0 Å². The fourth-order valence-corrected chi connectivity index (χ4v) is 7.14. The van der Waals surface area contributed by atoms with Crippen molar-refractivity contribution < 1.29 is 8.42 Å². The zero-order chi connectivity index (χ0) is 22.3. The normalized spacial score (nSPS) is 12.8. The van der Waals surface area contributed by atoms with Crippen molar-refractivity contribution in [3.8, 4) is 0 Å². The van der Waals surface area contributed by atoms with E-state index in [1.54, 1.807) is 25.3 Å². The van der Waals surface area contributed by atoms with E-state index in [1.165, 1.54) is 10.4 Å². The topological polar surface area (TPSA) is 116 Å². The molecular formula is C21H23AsN6O2S. The van der Waals surface area contributed by atoms with Gasteiger partial charge in [-0.1, -0.05) is 0 Å². The van der Waals surface area contributed by atoms with Crippen LogP contribution in [-0.2, 0) is 17.1 Å². The number of fused-ring (bicyclic) bond motifs is 1. The molecule has 0 saturated carbocycles. The minimum absolute atomic E-state index is 0.0795. The Bertz CT molecular complexity index is 1400. The number of nitrogens with zero attached hydrogens (tertiary/aromatic N) is 4. The van der Waals surface area contributed by atoms with Gasteiger partial charge in [0.25, 0.3) is 0 Å². The standard InChI is InChI=1S/C21H23AsN6O2S/c1-13-5-7-16(12-19(13)31(23,29)30)25-21-24-10-9-20(26-21)22(3)15-6-8-17-14(2)28(4)27-18(17)11-15/h5-12H,1-4H3,(H2,23,29,30)(H,24,25,26). The van der Waals surface area contributed by atoms with Crippen molar-refractivity contribution in [2.24, 2.45) is 12.2 Å². The van der Waals surface area contributed by atoms with Crippen molar-refractivity contribution in [2.75, 3.05) is 5.32 Å². The number of aromatic nitrogens is 4. The van der Waals surface area contributed by atoms with Gasteiger partial charge in [0.1, 0.15) is 0 Å². The number of rotatable bonds is 5. The average molecular weight is 498 g/mol. The maximum atomic E-state index is 11.8. The van der Waals surface area contributed by atoms with Gasteiger partial charge < -0.3 is 0 Å². The Hall–Kier alpha value is -2.74. The second kappa shape index (κ2) is 8.07. The SMILES string of the molecule is Cc1ccc(Nc2nccc([As](C)c3ccc4c(C)n(C)nc4c3)n2)cc1S(N)(=O)=O. The summed E-state index contributed by atoms with van der Waals surface area (Å²) in [4.78, 5) is 9.07. The van der Waals surface area contributed by atoms with Crippen LogP contribution in [0, 0.1) is 13.8 Å². The van der Waals surface area contributed by atoms with E-state index < -0.39 is 24.7 Å². The Labute approximate surface area is 185 Å². The second-order valence-corrected chi connectivity index (χ2v) is 13.3. The van der Waals surface area contributed by atoms with E-state index >= 15 is 0 Å². The van der Waals surface area contributed by atoms with Gasteiger partial charge in [-0.3, -0.25) is 0 Å². The Balaban J connectivity index is 1.63. The van der Waals surface area contributed by atoms with Crippen LogP contribution in [0.2, 0.25) is 5.71 Å². The summed E-state index contributed by atoms with van der Waals surface area (Å²) >= 11 is -1.65. The van der Waals surface area contributed by atoms with Crippen LogP contribution in [0.25, 0.3) is 10.9 Å². The summed E-state index contributed by atoms with van der Waals surface area (Å²) in [5.74, 6) is 0.415. The van der Waals surface area contributed by atoms with Crippen LogP contribution in [0.4, 0.5) is 11.6 Å². The zero-order valence-corrected chi connectivity index (χ0v) is 20.4. The van der Waals surface area contributed by atoms with Gasteiger partial charge in [-0.25, -0.2) is 0 Å². The molecule has 0 aliphatic rings. The molecule has 2 heterocycles. The maximum absolute atomic E-state index is 11.8. The summed E-state index contributed by atoms with van der Waals surface area (Å²) in [7, 11) is -1.86. The van der Waals surface area contributed by atoms with Crippen molar-refractivity contribution in [3.63, 3.8) is 0 Å². The van der Waals surface area contributed by atoms with Gasteiger partial charge in [-0.2, -0.15) is 0 Å². The third-order valence-corrected chi connectivity index (χ3v) is 10.5. The summed E-state index contributed by atoms with van der Waals surface area (Å²) < 4.78 is 27.7.